The first-order valence-electron chi connectivity index (χ1n) is 4.94. The monoisotopic (exact) mass is 207 g/mol. The predicted molar refractivity (Wildman–Crippen MR) is 58.7 cm³/mol. The molecular weight excluding hydrogens is 193 g/mol. The van der Waals surface area contributed by atoms with Gasteiger partial charge in [0.15, 0.2) is 0 Å². The van der Waals surface area contributed by atoms with E-state index in [1.807, 2.05) is 6.92 Å². The van der Waals surface area contributed by atoms with Crippen LogP contribution in [0.25, 0.3) is 6.08 Å². The number of benzene rings is 1. The van der Waals surface area contributed by atoms with Crippen LogP contribution >= 0.6 is 0 Å². The Balaban J connectivity index is 2.53. The largest absolute Gasteiger partial charge is 0.353 e. The Hall–Kier alpha value is -1.64. The van der Waals surface area contributed by atoms with Crippen molar-refractivity contribution >= 4 is 12.0 Å². The second-order valence-electron chi connectivity index (χ2n) is 3.18. The maximum absolute atomic E-state index is 12.8. The van der Waals surface area contributed by atoms with E-state index in [0.29, 0.717) is 12.1 Å². The van der Waals surface area contributed by atoms with E-state index < -0.39 is 0 Å². The molecule has 0 spiro atoms. The molecule has 0 aliphatic rings. The maximum Gasteiger partial charge on any atom is 0.243 e. The highest BCUT2D eigenvalue weighted by Gasteiger charge is 1.94. The molecule has 15 heavy (non-hydrogen) atoms. The number of nitrogens with one attached hydrogen (secondary N) is 1. The Labute approximate surface area is 88.8 Å². The fourth-order valence-electron chi connectivity index (χ4n) is 1.09. The first-order valence-corrected chi connectivity index (χ1v) is 4.94. The first-order chi connectivity index (χ1) is 7.22. The minimum atomic E-state index is -0.300. The molecular formula is C12H14FNO. The molecule has 0 saturated heterocycles. The van der Waals surface area contributed by atoms with Crippen LogP contribution in [-0.2, 0) is 4.79 Å². The molecule has 80 valence electrons. The molecule has 3 heteroatoms. The van der Waals surface area contributed by atoms with E-state index in [0.717, 1.165) is 6.42 Å². The van der Waals surface area contributed by atoms with Crippen molar-refractivity contribution in [3.8, 4) is 0 Å². The van der Waals surface area contributed by atoms with E-state index in [-0.39, 0.29) is 11.7 Å². The van der Waals surface area contributed by atoms with Gasteiger partial charge in [-0.25, -0.2) is 4.39 Å². The number of hydrogen-bond acceptors (Lipinski definition) is 1. The Morgan fingerprint density at radius 2 is 2.33 bits per heavy atom. The number of amides is 1. The molecule has 0 aromatic heterocycles. The molecule has 0 aliphatic carbocycles. The number of carbonyl (C=O) groups is 1. The van der Waals surface area contributed by atoms with Crippen LogP contribution in [-0.4, -0.2) is 12.5 Å². The van der Waals surface area contributed by atoms with Gasteiger partial charge in [0.2, 0.25) is 5.91 Å². The van der Waals surface area contributed by atoms with Gasteiger partial charge in [0.1, 0.15) is 5.82 Å². The van der Waals surface area contributed by atoms with Crippen LogP contribution in [0.15, 0.2) is 30.3 Å². The smallest absolute Gasteiger partial charge is 0.243 e. The lowest BCUT2D eigenvalue weighted by atomic mass is 10.2. The number of halogens is 1. The summed E-state index contributed by atoms with van der Waals surface area (Å²) in [7, 11) is 0. The second-order valence-corrected chi connectivity index (χ2v) is 3.18. The Kier molecular flexibility index (Phi) is 4.54. The van der Waals surface area contributed by atoms with Gasteiger partial charge in [-0.15, -0.1) is 0 Å². The highest BCUT2D eigenvalue weighted by atomic mass is 19.1. The molecule has 0 fully saturated rings. The molecule has 1 N–H and O–H groups in total. The van der Waals surface area contributed by atoms with Crippen LogP contribution in [0.2, 0.25) is 0 Å². The minimum Gasteiger partial charge on any atom is -0.353 e. The summed E-state index contributed by atoms with van der Waals surface area (Å²) in [6, 6.07) is 6.10. The van der Waals surface area contributed by atoms with Crippen molar-refractivity contribution in [3.05, 3.63) is 41.7 Å². The van der Waals surface area contributed by atoms with E-state index in [1.54, 1.807) is 18.2 Å². The van der Waals surface area contributed by atoms with Gasteiger partial charge in [-0.3, -0.25) is 4.79 Å². The topological polar surface area (TPSA) is 29.1 Å². The Morgan fingerprint density at radius 3 is 3.00 bits per heavy atom. The molecule has 0 atom stereocenters. The molecule has 0 saturated carbocycles. The minimum absolute atomic E-state index is 0.152. The molecule has 1 aromatic carbocycles. The molecule has 0 radical (unpaired) electrons. The van der Waals surface area contributed by atoms with Gasteiger partial charge in [-0.1, -0.05) is 19.1 Å². The molecule has 1 amide bonds. The summed E-state index contributed by atoms with van der Waals surface area (Å²) in [5.41, 5.74) is 0.682. The Bertz CT molecular complexity index is 360. The third-order valence-corrected chi connectivity index (χ3v) is 1.83. The predicted octanol–water partition coefficient (Wildman–Crippen LogP) is 2.37. The zero-order valence-corrected chi connectivity index (χ0v) is 8.66. The van der Waals surface area contributed by atoms with E-state index in [1.165, 1.54) is 18.2 Å². The van der Waals surface area contributed by atoms with Crippen LogP contribution in [0.5, 0.6) is 0 Å². The van der Waals surface area contributed by atoms with Crippen LogP contribution in [0.1, 0.15) is 18.9 Å². The zero-order chi connectivity index (χ0) is 11.1. The standard InChI is InChI=1S/C12H14FNO/c1-2-8-14-12(15)7-6-10-4-3-5-11(13)9-10/h3-7,9H,2,8H2,1H3,(H,14,15). The summed E-state index contributed by atoms with van der Waals surface area (Å²) >= 11 is 0. The van der Waals surface area contributed by atoms with Crippen LogP contribution in [0.4, 0.5) is 4.39 Å². The summed E-state index contributed by atoms with van der Waals surface area (Å²) in [5, 5.41) is 2.70. The van der Waals surface area contributed by atoms with Crippen LogP contribution < -0.4 is 5.32 Å². The van der Waals surface area contributed by atoms with E-state index in [2.05, 4.69) is 5.32 Å². The molecule has 1 aromatic rings. The van der Waals surface area contributed by atoms with Gasteiger partial charge in [-0.05, 0) is 30.2 Å². The third-order valence-electron chi connectivity index (χ3n) is 1.83. The molecule has 0 bridgehead atoms. The summed E-state index contributed by atoms with van der Waals surface area (Å²) in [6.07, 6.45) is 3.90. The molecule has 1 rings (SSSR count). The summed E-state index contributed by atoms with van der Waals surface area (Å²) < 4.78 is 12.8. The van der Waals surface area contributed by atoms with Crippen LogP contribution in [0.3, 0.4) is 0 Å². The fourth-order valence-corrected chi connectivity index (χ4v) is 1.09. The lowest BCUT2D eigenvalue weighted by molar-refractivity contribution is -0.116. The summed E-state index contributed by atoms with van der Waals surface area (Å²) in [4.78, 5) is 11.2. The summed E-state index contributed by atoms with van der Waals surface area (Å²) in [6.45, 7) is 2.64. The van der Waals surface area contributed by atoms with E-state index >= 15 is 0 Å². The van der Waals surface area contributed by atoms with Crippen molar-refractivity contribution in [1.82, 2.24) is 5.32 Å². The van der Waals surface area contributed by atoms with Crippen LogP contribution in [0, 0.1) is 5.82 Å². The van der Waals surface area contributed by atoms with Gasteiger partial charge in [-0.2, -0.15) is 0 Å². The van der Waals surface area contributed by atoms with Gasteiger partial charge < -0.3 is 5.32 Å². The van der Waals surface area contributed by atoms with Crippen molar-refractivity contribution in [1.29, 1.82) is 0 Å². The number of rotatable bonds is 4. The molecule has 0 heterocycles. The lowest BCUT2D eigenvalue weighted by Gasteiger charge is -1.97. The van der Waals surface area contributed by atoms with Gasteiger partial charge >= 0.3 is 0 Å². The molecule has 0 unspecified atom stereocenters. The van der Waals surface area contributed by atoms with E-state index in [9.17, 15) is 9.18 Å². The number of carbonyl (C=O) groups excluding carboxylic acids is 1. The average Bonchev–Trinajstić information content (AvgIpc) is 2.23. The molecule has 2 nitrogen and oxygen atoms in total. The molecule has 0 aliphatic heterocycles. The normalized spacial score (nSPS) is 10.5. The van der Waals surface area contributed by atoms with E-state index in [4.69, 9.17) is 0 Å². The zero-order valence-electron chi connectivity index (χ0n) is 8.66. The van der Waals surface area contributed by atoms with Gasteiger partial charge in [0.25, 0.3) is 0 Å². The summed E-state index contributed by atoms with van der Waals surface area (Å²) in [5.74, 6) is -0.452. The highest BCUT2D eigenvalue weighted by Crippen LogP contribution is 2.04. The second kappa shape index (κ2) is 5.96. The van der Waals surface area contributed by atoms with Gasteiger partial charge in [0, 0.05) is 12.6 Å². The van der Waals surface area contributed by atoms with Gasteiger partial charge in [0.05, 0.1) is 0 Å². The first kappa shape index (κ1) is 11.4. The fraction of sp³-hybridized carbons (Fsp3) is 0.250. The van der Waals surface area contributed by atoms with Crippen molar-refractivity contribution in [2.75, 3.05) is 6.54 Å². The lowest BCUT2D eigenvalue weighted by Crippen LogP contribution is -2.21. The Morgan fingerprint density at radius 1 is 1.53 bits per heavy atom. The highest BCUT2D eigenvalue weighted by molar-refractivity contribution is 5.91. The van der Waals surface area contributed by atoms with Crippen molar-refractivity contribution < 1.29 is 9.18 Å². The quantitative estimate of drug-likeness (QED) is 0.754. The maximum atomic E-state index is 12.8. The van der Waals surface area contributed by atoms with Crippen molar-refractivity contribution in [2.24, 2.45) is 0 Å². The average molecular weight is 207 g/mol. The SMILES string of the molecule is CCCNC(=O)C=Cc1cccc(F)c1. The third kappa shape index (κ3) is 4.40. The number of hydrogen-bond donors (Lipinski definition) is 1. The van der Waals surface area contributed by atoms with Crippen molar-refractivity contribution in [2.45, 2.75) is 13.3 Å². The van der Waals surface area contributed by atoms with Crippen molar-refractivity contribution in [3.63, 3.8) is 0 Å².